The molecule has 1 aromatic carbocycles. The number of nitrogens with two attached hydrogens (primary N) is 1. The molecule has 0 bridgehead atoms. The minimum atomic E-state index is -0.209. The number of aromatic nitrogens is 4. The third-order valence-electron chi connectivity index (χ3n) is 2.54. The highest BCUT2D eigenvalue weighted by atomic mass is 16.2. The third kappa shape index (κ3) is 3.63. The highest BCUT2D eigenvalue weighted by Gasteiger charge is 2.05. The van der Waals surface area contributed by atoms with E-state index < -0.39 is 0 Å². The molecule has 0 aliphatic carbocycles. The number of amides is 1. The van der Waals surface area contributed by atoms with E-state index in [1.807, 2.05) is 25.1 Å². The van der Waals surface area contributed by atoms with Crippen LogP contribution in [0, 0.1) is 18.8 Å². The van der Waals surface area contributed by atoms with Crippen LogP contribution in [-0.2, 0) is 11.3 Å². The standard InChI is InChI=1S/C13H14N6O/c1-10-4-5-12(7-11(10)3-2-6-14)16-13(20)8-19-9-15-17-18-19/h4-5,7,9H,6,8,14H2,1H3,(H,16,20). The minimum absolute atomic E-state index is 0.0602. The summed E-state index contributed by atoms with van der Waals surface area (Å²) in [5.74, 6) is 5.56. The monoisotopic (exact) mass is 270 g/mol. The van der Waals surface area contributed by atoms with Gasteiger partial charge >= 0.3 is 0 Å². The molecule has 7 nitrogen and oxygen atoms in total. The zero-order valence-electron chi connectivity index (χ0n) is 11.0. The molecule has 0 saturated heterocycles. The van der Waals surface area contributed by atoms with E-state index in [2.05, 4.69) is 32.7 Å². The van der Waals surface area contributed by atoms with Crippen molar-refractivity contribution in [2.75, 3.05) is 11.9 Å². The number of carbonyl (C=O) groups excluding carboxylic acids is 1. The van der Waals surface area contributed by atoms with Crippen LogP contribution < -0.4 is 11.1 Å². The Morgan fingerprint density at radius 1 is 1.50 bits per heavy atom. The Kier molecular flexibility index (Phi) is 4.42. The van der Waals surface area contributed by atoms with Gasteiger partial charge in [-0.25, -0.2) is 4.68 Å². The van der Waals surface area contributed by atoms with E-state index in [-0.39, 0.29) is 12.5 Å². The fraction of sp³-hybridized carbons (Fsp3) is 0.231. The lowest BCUT2D eigenvalue weighted by Gasteiger charge is -2.06. The molecule has 7 heteroatoms. The first-order valence-electron chi connectivity index (χ1n) is 5.99. The normalized spacial score (nSPS) is 9.70. The summed E-state index contributed by atoms with van der Waals surface area (Å²) >= 11 is 0. The van der Waals surface area contributed by atoms with Crippen LogP contribution in [0.25, 0.3) is 0 Å². The van der Waals surface area contributed by atoms with Crippen LogP contribution in [0.3, 0.4) is 0 Å². The van der Waals surface area contributed by atoms with Gasteiger partial charge in [0.1, 0.15) is 12.9 Å². The fourth-order valence-corrected chi connectivity index (χ4v) is 1.58. The number of aryl methyl sites for hydroxylation is 1. The van der Waals surface area contributed by atoms with E-state index in [4.69, 9.17) is 5.73 Å². The highest BCUT2D eigenvalue weighted by molar-refractivity contribution is 5.90. The quantitative estimate of drug-likeness (QED) is 0.761. The second-order valence-electron chi connectivity index (χ2n) is 4.09. The molecule has 0 aliphatic heterocycles. The van der Waals surface area contributed by atoms with Gasteiger partial charge in [-0.15, -0.1) is 5.10 Å². The van der Waals surface area contributed by atoms with E-state index in [1.54, 1.807) is 0 Å². The van der Waals surface area contributed by atoms with Gasteiger partial charge in [0.25, 0.3) is 0 Å². The zero-order chi connectivity index (χ0) is 14.4. The Morgan fingerprint density at radius 2 is 2.35 bits per heavy atom. The Morgan fingerprint density at radius 3 is 3.05 bits per heavy atom. The van der Waals surface area contributed by atoms with Gasteiger partial charge in [-0.3, -0.25) is 4.79 Å². The maximum atomic E-state index is 11.8. The fourth-order valence-electron chi connectivity index (χ4n) is 1.58. The van der Waals surface area contributed by atoms with Crippen molar-refractivity contribution in [3.05, 3.63) is 35.7 Å². The Hall–Kier alpha value is -2.72. The van der Waals surface area contributed by atoms with Crippen molar-refractivity contribution in [1.29, 1.82) is 0 Å². The van der Waals surface area contributed by atoms with Gasteiger partial charge in [0.05, 0.1) is 6.54 Å². The Balaban J connectivity index is 2.07. The molecule has 20 heavy (non-hydrogen) atoms. The summed E-state index contributed by atoms with van der Waals surface area (Å²) in [5, 5.41) is 13.3. The molecule has 0 unspecified atom stereocenters. The van der Waals surface area contributed by atoms with Crippen LogP contribution in [0.4, 0.5) is 5.69 Å². The molecule has 0 fully saturated rings. The Bertz CT molecular complexity index is 653. The predicted octanol–water partition coefficient (Wildman–Crippen LogP) is -0.0696. The topological polar surface area (TPSA) is 98.7 Å². The first-order chi connectivity index (χ1) is 9.69. The molecular weight excluding hydrogens is 256 g/mol. The number of tetrazole rings is 1. The number of anilines is 1. The van der Waals surface area contributed by atoms with Crippen molar-refractivity contribution in [1.82, 2.24) is 20.2 Å². The summed E-state index contributed by atoms with van der Waals surface area (Å²) in [5.41, 5.74) is 7.91. The lowest BCUT2D eigenvalue weighted by molar-refractivity contribution is -0.116. The van der Waals surface area contributed by atoms with Gasteiger partial charge in [0, 0.05) is 11.3 Å². The smallest absolute Gasteiger partial charge is 0.246 e. The second-order valence-corrected chi connectivity index (χ2v) is 4.09. The van der Waals surface area contributed by atoms with Gasteiger partial charge in [-0.1, -0.05) is 17.9 Å². The number of hydrogen-bond acceptors (Lipinski definition) is 5. The summed E-state index contributed by atoms with van der Waals surface area (Å²) in [6, 6.07) is 5.53. The number of rotatable bonds is 3. The third-order valence-corrected chi connectivity index (χ3v) is 2.54. The van der Waals surface area contributed by atoms with Gasteiger partial charge in [0.15, 0.2) is 0 Å². The van der Waals surface area contributed by atoms with Crippen molar-refractivity contribution in [2.24, 2.45) is 5.73 Å². The van der Waals surface area contributed by atoms with E-state index in [0.29, 0.717) is 12.2 Å². The average Bonchev–Trinajstić information content (AvgIpc) is 2.92. The summed E-state index contributed by atoms with van der Waals surface area (Å²) in [7, 11) is 0. The van der Waals surface area contributed by atoms with Crippen LogP contribution in [0.5, 0.6) is 0 Å². The molecule has 1 heterocycles. The molecule has 0 atom stereocenters. The van der Waals surface area contributed by atoms with Crippen molar-refractivity contribution >= 4 is 11.6 Å². The highest BCUT2D eigenvalue weighted by Crippen LogP contribution is 2.14. The molecule has 0 spiro atoms. The molecule has 0 saturated carbocycles. The van der Waals surface area contributed by atoms with Gasteiger partial charge in [-0.2, -0.15) is 0 Å². The molecule has 3 N–H and O–H groups in total. The molecule has 1 aromatic heterocycles. The summed E-state index contributed by atoms with van der Waals surface area (Å²) < 4.78 is 1.35. The molecule has 0 radical (unpaired) electrons. The van der Waals surface area contributed by atoms with E-state index >= 15 is 0 Å². The summed E-state index contributed by atoms with van der Waals surface area (Å²) in [4.78, 5) is 11.8. The lowest BCUT2D eigenvalue weighted by atomic mass is 10.1. The van der Waals surface area contributed by atoms with E-state index in [0.717, 1.165) is 11.1 Å². The number of nitrogens with zero attached hydrogens (tertiary/aromatic N) is 4. The molecule has 102 valence electrons. The number of benzene rings is 1. The van der Waals surface area contributed by atoms with Crippen LogP contribution in [-0.4, -0.2) is 32.7 Å². The van der Waals surface area contributed by atoms with E-state index in [9.17, 15) is 4.79 Å². The van der Waals surface area contributed by atoms with Gasteiger partial charge < -0.3 is 11.1 Å². The maximum Gasteiger partial charge on any atom is 0.246 e. The van der Waals surface area contributed by atoms with Gasteiger partial charge in [0.2, 0.25) is 5.91 Å². The number of carbonyl (C=O) groups is 1. The van der Waals surface area contributed by atoms with Crippen molar-refractivity contribution in [3.8, 4) is 11.8 Å². The molecular formula is C13H14N6O. The van der Waals surface area contributed by atoms with Crippen molar-refractivity contribution in [3.63, 3.8) is 0 Å². The Labute approximate surface area is 116 Å². The van der Waals surface area contributed by atoms with Crippen LogP contribution >= 0.6 is 0 Å². The van der Waals surface area contributed by atoms with E-state index in [1.165, 1.54) is 11.0 Å². The van der Waals surface area contributed by atoms with Crippen LogP contribution in [0.1, 0.15) is 11.1 Å². The largest absolute Gasteiger partial charge is 0.324 e. The zero-order valence-corrected chi connectivity index (χ0v) is 11.0. The second kappa shape index (κ2) is 6.45. The number of hydrogen-bond donors (Lipinski definition) is 2. The first-order valence-corrected chi connectivity index (χ1v) is 5.99. The molecule has 1 amide bonds. The van der Waals surface area contributed by atoms with Crippen molar-refractivity contribution in [2.45, 2.75) is 13.5 Å². The molecule has 0 aliphatic rings. The molecule has 2 aromatic rings. The maximum absolute atomic E-state index is 11.8. The minimum Gasteiger partial charge on any atom is -0.324 e. The average molecular weight is 270 g/mol. The summed E-state index contributed by atoms with van der Waals surface area (Å²) in [6.07, 6.45) is 1.38. The summed E-state index contributed by atoms with van der Waals surface area (Å²) in [6.45, 7) is 2.31. The molecule has 2 rings (SSSR count). The van der Waals surface area contributed by atoms with Crippen LogP contribution in [0.15, 0.2) is 24.5 Å². The van der Waals surface area contributed by atoms with Crippen molar-refractivity contribution < 1.29 is 4.79 Å². The first kappa shape index (κ1) is 13.7. The predicted molar refractivity (Wildman–Crippen MR) is 73.6 cm³/mol. The van der Waals surface area contributed by atoms with Gasteiger partial charge in [-0.05, 0) is 35.0 Å². The lowest BCUT2D eigenvalue weighted by Crippen LogP contribution is -2.19. The SMILES string of the molecule is Cc1ccc(NC(=O)Cn2cnnn2)cc1C#CCN. The van der Waals surface area contributed by atoms with Crippen LogP contribution in [0.2, 0.25) is 0 Å². The number of nitrogens with one attached hydrogen (secondary N) is 1.